The summed E-state index contributed by atoms with van der Waals surface area (Å²) in [4.78, 5) is 38.6. The number of benzene rings is 3. The van der Waals surface area contributed by atoms with Crippen molar-refractivity contribution in [1.29, 1.82) is 0 Å². The van der Waals surface area contributed by atoms with Gasteiger partial charge in [-0.25, -0.2) is 0 Å². The standard InChI is InChI=1S/C26H23N3O3/c27-20-12-6-18(7-13-20)10-16-23(30)25(26(32)29-22-4-2-1-3-5-22)24(31)17-11-19-8-14-21(28)15-9-19/h1-17,25H,27-28H2,(H,29,32)/b16-10+,17-11+. The summed E-state index contributed by atoms with van der Waals surface area (Å²) >= 11 is 0. The third kappa shape index (κ3) is 6.27. The molecule has 3 rings (SSSR count). The summed E-state index contributed by atoms with van der Waals surface area (Å²) < 4.78 is 0. The number of para-hydroxylation sites is 1. The zero-order chi connectivity index (χ0) is 22.9. The number of carbonyl (C=O) groups excluding carboxylic acids is 3. The Labute approximate surface area is 186 Å². The van der Waals surface area contributed by atoms with E-state index in [1.807, 2.05) is 0 Å². The Hall–Kier alpha value is -4.45. The second-order valence-corrected chi connectivity index (χ2v) is 7.09. The number of nitrogens with one attached hydrogen (secondary N) is 1. The molecule has 0 aliphatic rings. The summed E-state index contributed by atoms with van der Waals surface area (Å²) in [6.07, 6.45) is 5.55. The predicted molar refractivity (Wildman–Crippen MR) is 128 cm³/mol. The number of allylic oxidation sites excluding steroid dienone is 2. The van der Waals surface area contributed by atoms with E-state index in [0.29, 0.717) is 17.1 Å². The van der Waals surface area contributed by atoms with Crippen LogP contribution in [0.1, 0.15) is 11.1 Å². The number of hydrogen-bond donors (Lipinski definition) is 3. The third-order valence-corrected chi connectivity index (χ3v) is 4.63. The molecule has 0 aromatic heterocycles. The number of rotatable bonds is 8. The van der Waals surface area contributed by atoms with E-state index in [9.17, 15) is 14.4 Å². The Morgan fingerprint density at radius 1 is 0.656 bits per heavy atom. The molecule has 32 heavy (non-hydrogen) atoms. The van der Waals surface area contributed by atoms with E-state index < -0.39 is 23.4 Å². The van der Waals surface area contributed by atoms with Crippen molar-refractivity contribution in [2.24, 2.45) is 5.92 Å². The van der Waals surface area contributed by atoms with Crippen LogP contribution in [0.5, 0.6) is 0 Å². The first kappa shape index (κ1) is 22.2. The second-order valence-electron chi connectivity index (χ2n) is 7.09. The molecule has 6 heteroatoms. The SMILES string of the molecule is Nc1ccc(/C=C/C(=O)C(C(=O)/C=C/c2ccc(N)cc2)C(=O)Nc2ccccc2)cc1. The van der Waals surface area contributed by atoms with Gasteiger partial charge in [0.2, 0.25) is 5.91 Å². The minimum atomic E-state index is -1.52. The van der Waals surface area contributed by atoms with Crippen molar-refractivity contribution in [2.75, 3.05) is 16.8 Å². The largest absolute Gasteiger partial charge is 0.399 e. The number of nitrogens with two attached hydrogens (primary N) is 2. The zero-order valence-electron chi connectivity index (χ0n) is 17.3. The van der Waals surface area contributed by atoms with Gasteiger partial charge in [0.1, 0.15) is 0 Å². The Balaban J connectivity index is 1.82. The molecule has 0 bridgehead atoms. The van der Waals surface area contributed by atoms with Crippen LogP contribution in [-0.4, -0.2) is 17.5 Å². The molecule has 3 aromatic carbocycles. The maximum absolute atomic E-state index is 12.9. The summed E-state index contributed by atoms with van der Waals surface area (Å²) in [5, 5.41) is 2.63. The summed E-state index contributed by atoms with van der Waals surface area (Å²) in [5.41, 5.74) is 14.5. The molecule has 0 fully saturated rings. The molecule has 1 amide bonds. The summed E-state index contributed by atoms with van der Waals surface area (Å²) in [5.74, 6) is -3.47. The lowest BCUT2D eigenvalue weighted by Gasteiger charge is -2.12. The molecule has 0 saturated carbocycles. The maximum Gasteiger partial charge on any atom is 0.243 e. The van der Waals surface area contributed by atoms with E-state index >= 15 is 0 Å². The van der Waals surface area contributed by atoms with Crippen LogP contribution in [0.3, 0.4) is 0 Å². The quantitative estimate of drug-likeness (QED) is 0.287. The lowest BCUT2D eigenvalue weighted by Crippen LogP contribution is -2.34. The summed E-state index contributed by atoms with van der Waals surface area (Å²) in [6.45, 7) is 0. The van der Waals surface area contributed by atoms with Gasteiger partial charge in [-0.2, -0.15) is 0 Å². The van der Waals surface area contributed by atoms with Crippen molar-refractivity contribution in [3.63, 3.8) is 0 Å². The van der Waals surface area contributed by atoms with E-state index in [2.05, 4.69) is 5.32 Å². The second kappa shape index (κ2) is 10.5. The number of amides is 1. The van der Waals surface area contributed by atoms with Gasteiger partial charge < -0.3 is 16.8 Å². The molecule has 0 spiro atoms. The monoisotopic (exact) mass is 425 g/mol. The lowest BCUT2D eigenvalue weighted by atomic mass is 9.95. The van der Waals surface area contributed by atoms with Crippen LogP contribution in [-0.2, 0) is 14.4 Å². The first-order chi connectivity index (χ1) is 15.4. The average molecular weight is 425 g/mol. The molecule has 3 aromatic rings. The number of nitrogen functional groups attached to an aromatic ring is 2. The number of hydrogen-bond acceptors (Lipinski definition) is 5. The van der Waals surface area contributed by atoms with Gasteiger partial charge in [0.25, 0.3) is 0 Å². The minimum absolute atomic E-state index is 0.494. The van der Waals surface area contributed by atoms with Gasteiger partial charge in [0.05, 0.1) is 0 Å². The van der Waals surface area contributed by atoms with Gasteiger partial charge in [-0.1, -0.05) is 54.6 Å². The van der Waals surface area contributed by atoms with E-state index in [1.54, 1.807) is 91.0 Å². The Morgan fingerprint density at radius 2 is 1.09 bits per heavy atom. The predicted octanol–water partition coefficient (Wildman–Crippen LogP) is 3.97. The Kier molecular flexibility index (Phi) is 7.33. The zero-order valence-corrected chi connectivity index (χ0v) is 17.3. The van der Waals surface area contributed by atoms with Crippen LogP contribution in [0.4, 0.5) is 17.1 Å². The van der Waals surface area contributed by atoms with Crippen LogP contribution in [0.15, 0.2) is 91.0 Å². The molecule has 0 radical (unpaired) electrons. The summed E-state index contributed by atoms with van der Waals surface area (Å²) in [6, 6.07) is 22.4. The molecule has 0 aliphatic heterocycles. The lowest BCUT2D eigenvalue weighted by molar-refractivity contribution is -0.134. The highest BCUT2D eigenvalue weighted by atomic mass is 16.2. The highest BCUT2D eigenvalue weighted by Crippen LogP contribution is 2.14. The van der Waals surface area contributed by atoms with Crippen LogP contribution >= 0.6 is 0 Å². The van der Waals surface area contributed by atoms with Crippen molar-refractivity contribution < 1.29 is 14.4 Å². The van der Waals surface area contributed by atoms with E-state index in [-0.39, 0.29) is 0 Å². The highest BCUT2D eigenvalue weighted by Gasteiger charge is 2.30. The first-order valence-corrected chi connectivity index (χ1v) is 9.93. The number of anilines is 3. The topological polar surface area (TPSA) is 115 Å². The maximum atomic E-state index is 12.9. The molecular formula is C26H23N3O3. The average Bonchev–Trinajstić information content (AvgIpc) is 2.79. The van der Waals surface area contributed by atoms with Crippen LogP contribution in [0.2, 0.25) is 0 Å². The first-order valence-electron chi connectivity index (χ1n) is 9.93. The van der Waals surface area contributed by atoms with Crippen molar-refractivity contribution in [3.05, 3.63) is 102 Å². The highest BCUT2D eigenvalue weighted by molar-refractivity contribution is 6.28. The van der Waals surface area contributed by atoms with Crippen LogP contribution in [0, 0.1) is 5.92 Å². The summed E-state index contributed by atoms with van der Waals surface area (Å²) in [7, 11) is 0. The van der Waals surface area contributed by atoms with Gasteiger partial charge in [0, 0.05) is 17.1 Å². The van der Waals surface area contributed by atoms with Crippen LogP contribution < -0.4 is 16.8 Å². The Morgan fingerprint density at radius 3 is 1.53 bits per heavy atom. The fraction of sp³-hybridized carbons (Fsp3) is 0.0385. The third-order valence-electron chi connectivity index (χ3n) is 4.63. The molecule has 160 valence electrons. The Bertz CT molecular complexity index is 1080. The van der Waals surface area contributed by atoms with Gasteiger partial charge in [-0.05, 0) is 59.7 Å². The molecule has 0 atom stereocenters. The fourth-order valence-corrected chi connectivity index (χ4v) is 2.90. The molecule has 6 nitrogen and oxygen atoms in total. The molecular weight excluding hydrogens is 402 g/mol. The van der Waals surface area contributed by atoms with Crippen molar-refractivity contribution >= 4 is 46.7 Å². The number of carbonyl (C=O) groups is 3. The van der Waals surface area contributed by atoms with Gasteiger partial charge >= 0.3 is 0 Å². The molecule has 0 saturated heterocycles. The smallest absolute Gasteiger partial charge is 0.243 e. The van der Waals surface area contributed by atoms with Crippen molar-refractivity contribution in [1.82, 2.24) is 0 Å². The van der Waals surface area contributed by atoms with E-state index in [1.165, 1.54) is 12.2 Å². The van der Waals surface area contributed by atoms with Gasteiger partial charge in [-0.3, -0.25) is 14.4 Å². The van der Waals surface area contributed by atoms with Crippen LogP contribution in [0.25, 0.3) is 12.2 Å². The van der Waals surface area contributed by atoms with Crippen molar-refractivity contribution in [3.8, 4) is 0 Å². The normalized spacial score (nSPS) is 11.2. The molecule has 0 aliphatic carbocycles. The fourth-order valence-electron chi connectivity index (χ4n) is 2.90. The molecule has 0 heterocycles. The van der Waals surface area contributed by atoms with E-state index in [0.717, 1.165) is 11.1 Å². The molecule has 0 unspecified atom stereocenters. The van der Waals surface area contributed by atoms with Gasteiger partial charge in [-0.15, -0.1) is 0 Å². The van der Waals surface area contributed by atoms with Crippen molar-refractivity contribution in [2.45, 2.75) is 0 Å². The minimum Gasteiger partial charge on any atom is -0.399 e. The van der Waals surface area contributed by atoms with Gasteiger partial charge in [0.15, 0.2) is 17.5 Å². The number of ketones is 2. The van der Waals surface area contributed by atoms with E-state index in [4.69, 9.17) is 11.5 Å². The molecule has 5 N–H and O–H groups in total.